The standard InChI is InChI=1S/C22H31FN6O4/c1-22(2,3)18(21(32)28-13-15(30)11-16(28)20(31)24-4)29-12-14(26-27-29)7-6-10-33-17-8-5-9-25-19(17)23/h5,8-9,12,15-16,18,30H,6-7,10-11,13H2,1-4H3,(H,24,31)/t15-,16+,18-/m1/s1. The average Bonchev–Trinajstić information content (AvgIpc) is 3.37. The topological polar surface area (TPSA) is 122 Å². The number of nitrogens with zero attached hydrogens (tertiary/aromatic N) is 5. The molecule has 2 N–H and O–H groups in total. The Morgan fingerprint density at radius 1 is 1.39 bits per heavy atom. The number of aromatic nitrogens is 4. The fourth-order valence-corrected chi connectivity index (χ4v) is 3.98. The zero-order valence-corrected chi connectivity index (χ0v) is 19.4. The molecule has 3 rings (SSSR count). The lowest BCUT2D eigenvalue weighted by Gasteiger charge is -2.34. The van der Waals surface area contributed by atoms with Gasteiger partial charge in [-0.15, -0.1) is 5.10 Å². The fraction of sp³-hybridized carbons (Fsp3) is 0.591. The second kappa shape index (κ2) is 10.2. The predicted octanol–water partition coefficient (Wildman–Crippen LogP) is 1.12. The summed E-state index contributed by atoms with van der Waals surface area (Å²) in [6, 6.07) is 1.67. The van der Waals surface area contributed by atoms with E-state index in [0.717, 1.165) is 0 Å². The third-order valence-electron chi connectivity index (χ3n) is 5.55. The van der Waals surface area contributed by atoms with E-state index in [4.69, 9.17) is 4.74 Å². The molecule has 0 spiro atoms. The molecule has 0 radical (unpaired) electrons. The predicted molar refractivity (Wildman–Crippen MR) is 117 cm³/mol. The van der Waals surface area contributed by atoms with Crippen molar-refractivity contribution in [1.29, 1.82) is 0 Å². The molecule has 0 bridgehead atoms. The molecule has 0 aliphatic carbocycles. The highest BCUT2D eigenvalue weighted by Gasteiger charge is 2.44. The molecule has 3 heterocycles. The number of hydrogen-bond donors (Lipinski definition) is 2. The van der Waals surface area contributed by atoms with Crippen molar-refractivity contribution < 1.29 is 23.8 Å². The maximum absolute atomic E-state index is 13.5. The number of β-amino-alcohol motifs (C(OH)–C–C–N with tert-alkyl or cyclic N) is 1. The van der Waals surface area contributed by atoms with Gasteiger partial charge >= 0.3 is 0 Å². The normalized spacial score (nSPS) is 19.4. The number of likely N-dealkylation sites (N-methyl/N-ethyl adjacent to an activating group) is 1. The molecule has 0 saturated carbocycles. The van der Waals surface area contributed by atoms with Crippen LogP contribution in [-0.2, 0) is 16.0 Å². The molecule has 1 saturated heterocycles. The Morgan fingerprint density at radius 2 is 2.15 bits per heavy atom. The van der Waals surface area contributed by atoms with Gasteiger partial charge < -0.3 is 20.1 Å². The van der Waals surface area contributed by atoms with Gasteiger partial charge in [0, 0.05) is 32.4 Å². The van der Waals surface area contributed by atoms with Crippen LogP contribution in [0.4, 0.5) is 4.39 Å². The van der Waals surface area contributed by atoms with Crippen molar-refractivity contribution in [3.8, 4) is 5.75 Å². The van der Waals surface area contributed by atoms with Crippen molar-refractivity contribution in [3.63, 3.8) is 0 Å². The zero-order valence-electron chi connectivity index (χ0n) is 19.4. The Kier molecular flexibility index (Phi) is 7.62. The summed E-state index contributed by atoms with van der Waals surface area (Å²) >= 11 is 0. The van der Waals surface area contributed by atoms with E-state index in [1.807, 2.05) is 20.8 Å². The Hall–Kier alpha value is -3.08. The number of pyridine rings is 1. The van der Waals surface area contributed by atoms with Crippen molar-refractivity contribution in [2.45, 2.75) is 58.2 Å². The van der Waals surface area contributed by atoms with Crippen LogP contribution in [0.1, 0.15) is 45.3 Å². The molecule has 2 aromatic rings. The highest BCUT2D eigenvalue weighted by molar-refractivity contribution is 5.90. The minimum Gasteiger partial charge on any atom is -0.489 e. The summed E-state index contributed by atoms with van der Waals surface area (Å²) in [6.07, 6.45) is 3.59. The van der Waals surface area contributed by atoms with E-state index in [9.17, 15) is 19.1 Å². The van der Waals surface area contributed by atoms with E-state index in [2.05, 4.69) is 20.6 Å². The molecule has 3 atom stereocenters. The van der Waals surface area contributed by atoms with Crippen molar-refractivity contribution in [2.24, 2.45) is 5.41 Å². The van der Waals surface area contributed by atoms with Gasteiger partial charge in [-0.3, -0.25) is 9.59 Å². The largest absolute Gasteiger partial charge is 0.489 e. The van der Waals surface area contributed by atoms with E-state index in [-0.39, 0.29) is 37.1 Å². The summed E-state index contributed by atoms with van der Waals surface area (Å²) in [6.45, 7) is 6.10. The minimum atomic E-state index is -0.757. The fourth-order valence-electron chi connectivity index (χ4n) is 3.98. The molecule has 1 fully saturated rings. The van der Waals surface area contributed by atoms with Crippen LogP contribution in [0.25, 0.3) is 0 Å². The number of hydrogen-bond acceptors (Lipinski definition) is 7. The number of nitrogens with one attached hydrogen (secondary N) is 1. The number of ether oxygens (including phenoxy) is 1. The van der Waals surface area contributed by atoms with E-state index in [1.54, 1.807) is 12.3 Å². The monoisotopic (exact) mass is 462 g/mol. The van der Waals surface area contributed by atoms with E-state index in [1.165, 1.54) is 28.9 Å². The second-order valence-electron chi connectivity index (χ2n) is 9.21. The first-order valence-electron chi connectivity index (χ1n) is 11.0. The SMILES string of the molecule is CNC(=O)[C@@H]1C[C@@H](O)CN1C(=O)[C@@H](n1cc(CCCOc2cccnc2F)nn1)C(C)(C)C. The smallest absolute Gasteiger partial charge is 0.255 e. The molecule has 0 aromatic carbocycles. The molecular formula is C22H31FN6O4. The van der Waals surface area contributed by atoms with Crippen molar-refractivity contribution in [1.82, 2.24) is 30.2 Å². The van der Waals surface area contributed by atoms with Crippen molar-refractivity contribution in [2.75, 3.05) is 20.2 Å². The summed E-state index contributed by atoms with van der Waals surface area (Å²) in [7, 11) is 1.51. The molecule has 0 unspecified atom stereocenters. The molecule has 2 aromatic heterocycles. The summed E-state index contributed by atoms with van der Waals surface area (Å²) < 4.78 is 20.5. The van der Waals surface area contributed by atoms with Crippen LogP contribution >= 0.6 is 0 Å². The van der Waals surface area contributed by atoms with Crippen LogP contribution in [0.3, 0.4) is 0 Å². The summed E-state index contributed by atoms with van der Waals surface area (Å²) in [5, 5.41) is 21.0. The lowest BCUT2D eigenvalue weighted by molar-refractivity contribution is -0.144. The maximum atomic E-state index is 13.5. The summed E-state index contributed by atoms with van der Waals surface area (Å²) in [5.41, 5.74) is 0.140. The van der Waals surface area contributed by atoms with Gasteiger partial charge in [0.05, 0.1) is 18.4 Å². The lowest BCUT2D eigenvalue weighted by atomic mass is 9.85. The van der Waals surface area contributed by atoms with Gasteiger partial charge in [-0.1, -0.05) is 26.0 Å². The molecular weight excluding hydrogens is 431 g/mol. The highest BCUT2D eigenvalue weighted by atomic mass is 19.1. The van der Waals surface area contributed by atoms with Gasteiger partial charge in [-0.2, -0.15) is 4.39 Å². The minimum absolute atomic E-state index is 0.0906. The number of aryl methyl sites for hydroxylation is 1. The highest BCUT2D eigenvalue weighted by Crippen LogP contribution is 2.34. The number of halogens is 1. The second-order valence-corrected chi connectivity index (χ2v) is 9.21. The Balaban J connectivity index is 1.68. The quantitative estimate of drug-likeness (QED) is 0.445. The van der Waals surface area contributed by atoms with Crippen molar-refractivity contribution >= 4 is 11.8 Å². The van der Waals surface area contributed by atoms with Crippen LogP contribution in [-0.4, -0.2) is 74.1 Å². The van der Waals surface area contributed by atoms with E-state index >= 15 is 0 Å². The van der Waals surface area contributed by atoms with Crippen LogP contribution in [0.5, 0.6) is 5.75 Å². The van der Waals surface area contributed by atoms with Crippen LogP contribution < -0.4 is 10.1 Å². The number of likely N-dealkylation sites (tertiary alicyclic amines) is 1. The third kappa shape index (κ3) is 5.84. The molecule has 1 aliphatic rings. The summed E-state index contributed by atoms with van der Waals surface area (Å²) in [5.74, 6) is -1.16. The van der Waals surface area contributed by atoms with Crippen LogP contribution in [0, 0.1) is 11.4 Å². The molecule has 11 heteroatoms. The lowest BCUT2D eigenvalue weighted by Crippen LogP contribution is -2.49. The molecule has 1 aliphatic heterocycles. The first-order valence-corrected chi connectivity index (χ1v) is 11.0. The Bertz CT molecular complexity index is 976. The number of carbonyl (C=O) groups excluding carboxylic acids is 2. The van der Waals surface area contributed by atoms with E-state index in [0.29, 0.717) is 18.5 Å². The summed E-state index contributed by atoms with van der Waals surface area (Å²) in [4.78, 5) is 30.8. The number of aliphatic hydroxyl groups is 1. The number of aliphatic hydroxyl groups excluding tert-OH is 1. The number of rotatable bonds is 8. The Morgan fingerprint density at radius 3 is 2.82 bits per heavy atom. The van der Waals surface area contributed by atoms with Crippen LogP contribution in [0.2, 0.25) is 0 Å². The maximum Gasteiger partial charge on any atom is 0.255 e. The Labute approximate surface area is 192 Å². The average molecular weight is 463 g/mol. The van der Waals surface area contributed by atoms with Crippen LogP contribution in [0.15, 0.2) is 24.5 Å². The van der Waals surface area contributed by atoms with E-state index < -0.39 is 29.6 Å². The first kappa shape index (κ1) is 24.6. The number of carbonyl (C=O) groups is 2. The third-order valence-corrected chi connectivity index (χ3v) is 5.55. The molecule has 33 heavy (non-hydrogen) atoms. The van der Waals surface area contributed by atoms with Gasteiger partial charge in [-0.05, 0) is 30.4 Å². The zero-order chi connectivity index (χ0) is 24.2. The number of amides is 2. The van der Waals surface area contributed by atoms with Crippen molar-refractivity contribution in [3.05, 3.63) is 36.2 Å². The van der Waals surface area contributed by atoms with Gasteiger partial charge in [-0.25, -0.2) is 9.67 Å². The van der Waals surface area contributed by atoms with Gasteiger partial charge in [0.2, 0.25) is 11.8 Å². The van der Waals surface area contributed by atoms with Gasteiger partial charge in [0.1, 0.15) is 12.1 Å². The molecule has 2 amide bonds. The molecule has 10 nitrogen and oxygen atoms in total. The van der Waals surface area contributed by atoms with Gasteiger partial charge in [0.25, 0.3) is 5.95 Å². The van der Waals surface area contributed by atoms with Gasteiger partial charge in [0.15, 0.2) is 5.75 Å². The first-order chi connectivity index (χ1) is 15.6. The molecule has 180 valence electrons.